The SMILES string of the molecule is CO[C@H]1[C@H](c2ccccc2)OC1(OC)OC. The van der Waals surface area contributed by atoms with Crippen LogP contribution >= 0.6 is 0 Å². The molecule has 4 nitrogen and oxygen atoms in total. The van der Waals surface area contributed by atoms with Crippen molar-refractivity contribution < 1.29 is 18.9 Å². The maximum atomic E-state index is 5.65. The van der Waals surface area contributed by atoms with Crippen LogP contribution in [0.1, 0.15) is 11.7 Å². The Labute approximate surface area is 95.1 Å². The van der Waals surface area contributed by atoms with Crippen LogP contribution in [0.25, 0.3) is 0 Å². The van der Waals surface area contributed by atoms with Gasteiger partial charge in [0.2, 0.25) is 0 Å². The number of hydrogen-bond donors (Lipinski definition) is 0. The van der Waals surface area contributed by atoms with Crippen molar-refractivity contribution in [1.29, 1.82) is 0 Å². The minimum absolute atomic E-state index is 0.147. The molecule has 0 amide bonds. The van der Waals surface area contributed by atoms with Crippen molar-refractivity contribution in [3.05, 3.63) is 35.9 Å². The van der Waals surface area contributed by atoms with Gasteiger partial charge in [-0.15, -0.1) is 0 Å². The molecule has 16 heavy (non-hydrogen) atoms. The highest BCUT2D eigenvalue weighted by Crippen LogP contribution is 2.45. The molecule has 0 saturated carbocycles. The highest BCUT2D eigenvalue weighted by Gasteiger charge is 2.59. The second-order valence-electron chi connectivity index (χ2n) is 3.62. The van der Waals surface area contributed by atoms with Gasteiger partial charge in [0.25, 0.3) is 0 Å². The third-order valence-electron chi connectivity index (χ3n) is 2.87. The Hall–Kier alpha value is -0.940. The second kappa shape index (κ2) is 4.51. The molecule has 0 spiro atoms. The van der Waals surface area contributed by atoms with Crippen LogP contribution < -0.4 is 0 Å². The van der Waals surface area contributed by atoms with Gasteiger partial charge in [-0.3, -0.25) is 0 Å². The fraction of sp³-hybridized carbons (Fsp3) is 0.500. The summed E-state index contributed by atoms with van der Waals surface area (Å²) >= 11 is 0. The fourth-order valence-corrected chi connectivity index (χ4v) is 1.98. The lowest BCUT2D eigenvalue weighted by Gasteiger charge is -2.50. The van der Waals surface area contributed by atoms with E-state index in [2.05, 4.69) is 0 Å². The maximum absolute atomic E-state index is 5.65. The summed E-state index contributed by atoms with van der Waals surface area (Å²) in [5.41, 5.74) is 1.05. The Balaban J connectivity index is 2.17. The van der Waals surface area contributed by atoms with Crippen LogP contribution in [0.5, 0.6) is 0 Å². The molecule has 2 atom stereocenters. The molecule has 4 heteroatoms. The lowest BCUT2D eigenvalue weighted by Crippen LogP contribution is -2.62. The highest BCUT2D eigenvalue weighted by molar-refractivity contribution is 5.21. The highest BCUT2D eigenvalue weighted by atomic mass is 16.9. The van der Waals surface area contributed by atoms with Gasteiger partial charge in [-0.05, 0) is 5.56 Å². The van der Waals surface area contributed by atoms with E-state index in [1.54, 1.807) is 7.11 Å². The molecule has 0 N–H and O–H groups in total. The van der Waals surface area contributed by atoms with E-state index < -0.39 is 5.97 Å². The average molecular weight is 224 g/mol. The molecule has 1 fully saturated rings. The zero-order valence-electron chi connectivity index (χ0n) is 9.67. The minimum Gasteiger partial charge on any atom is -0.370 e. The van der Waals surface area contributed by atoms with Crippen LogP contribution in [-0.2, 0) is 18.9 Å². The van der Waals surface area contributed by atoms with Crippen molar-refractivity contribution >= 4 is 0 Å². The van der Waals surface area contributed by atoms with Gasteiger partial charge in [0.15, 0.2) is 6.10 Å². The molecule has 88 valence electrons. The molecule has 0 aliphatic carbocycles. The van der Waals surface area contributed by atoms with Gasteiger partial charge < -0.3 is 18.9 Å². The topological polar surface area (TPSA) is 36.9 Å². The Morgan fingerprint density at radius 1 is 1.06 bits per heavy atom. The van der Waals surface area contributed by atoms with Crippen molar-refractivity contribution in [3.8, 4) is 0 Å². The summed E-state index contributed by atoms with van der Waals surface area (Å²) in [7, 11) is 4.70. The molecule has 1 aromatic rings. The molecular formula is C12H16O4. The predicted molar refractivity (Wildman–Crippen MR) is 57.8 cm³/mol. The summed E-state index contributed by atoms with van der Waals surface area (Å²) in [5, 5.41) is 0. The normalized spacial score (nSPS) is 27.4. The smallest absolute Gasteiger partial charge is 0.314 e. The first-order valence-corrected chi connectivity index (χ1v) is 5.13. The van der Waals surface area contributed by atoms with Gasteiger partial charge in [-0.1, -0.05) is 30.3 Å². The van der Waals surface area contributed by atoms with Crippen LogP contribution in [0.2, 0.25) is 0 Å². The summed E-state index contributed by atoms with van der Waals surface area (Å²) in [5.74, 6) is -1.07. The molecule has 0 bridgehead atoms. The molecule has 0 unspecified atom stereocenters. The number of rotatable bonds is 4. The van der Waals surface area contributed by atoms with E-state index in [-0.39, 0.29) is 12.2 Å². The van der Waals surface area contributed by atoms with Gasteiger partial charge in [-0.25, -0.2) is 0 Å². The van der Waals surface area contributed by atoms with E-state index in [4.69, 9.17) is 18.9 Å². The number of ether oxygens (including phenoxy) is 4. The van der Waals surface area contributed by atoms with E-state index in [1.165, 1.54) is 14.2 Å². The molecule has 2 rings (SSSR count). The lowest BCUT2D eigenvalue weighted by atomic mass is 9.97. The Morgan fingerprint density at radius 2 is 1.69 bits per heavy atom. The maximum Gasteiger partial charge on any atom is 0.314 e. The quantitative estimate of drug-likeness (QED) is 0.730. The van der Waals surface area contributed by atoms with Crippen LogP contribution in [-0.4, -0.2) is 33.4 Å². The summed E-state index contributed by atoms with van der Waals surface area (Å²) in [6.07, 6.45) is -0.406. The lowest BCUT2D eigenvalue weighted by molar-refractivity contribution is -0.495. The van der Waals surface area contributed by atoms with Crippen molar-refractivity contribution in [3.63, 3.8) is 0 Å². The van der Waals surface area contributed by atoms with E-state index in [9.17, 15) is 0 Å². The minimum atomic E-state index is -1.07. The van der Waals surface area contributed by atoms with Crippen LogP contribution in [0, 0.1) is 0 Å². The van der Waals surface area contributed by atoms with E-state index >= 15 is 0 Å². The first-order chi connectivity index (χ1) is 7.77. The summed E-state index contributed by atoms with van der Waals surface area (Å²) in [6.45, 7) is 0. The molecule has 0 aromatic heterocycles. The zero-order chi connectivity index (χ0) is 11.6. The fourth-order valence-electron chi connectivity index (χ4n) is 1.98. The van der Waals surface area contributed by atoms with Gasteiger partial charge in [-0.2, -0.15) is 0 Å². The monoisotopic (exact) mass is 224 g/mol. The van der Waals surface area contributed by atoms with Crippen LogP contribution in [0.3, 0.4) is 0 Å². The molecule has 1 aliphatic rings. The molecule has 1 saturated heterocycles. The van der Waals surface area contributed by atoms with Crippen molar-refractivity contribution in [2.24, 2.45) is 0 Å². The molecule has 0 radical (unpaired) electrons. The van der Waals surface area contributed by atoms with E-state index in [0.29, 0.717) is 0 Å². The summed E-state index contributed by atoms with van der Waals surface area (Å²) < 4.78 is 21.4. The van der Waals surface area contributed by atoms with Crippen LogP contribution in [0.4, 0.5) is 0 Å². The van der Waals surface area contributed by atoms with Crippen LogP contribution in [0.15, 0.2) is 30.3 Å². The van der Waals surface area contributed by atoms with E-state index in [1.807, 2.05) is 30.3 Å². The van der Waals surface area contributed by atoms with Crippen molar-refractivity contribution in [2.75, 3.05) is 21.3 Å². The Morgan fingerprint density at radius 3 is 2.19 bits per heavy atom. The molecule has 1 aromatic carbocycles. The summed E-state index contributed by atoms with van der Waals surface area (Å²) in [4.78, 5) is 0. The second-order valence-corrected chi connectivity index (χ2v) is 3.62. The third-order valence-corrected chi connectivity index (χ3v) is 2.87. The Bertz CT molecular complexity index is 334. The molecule has 1 heterocycles. The van der Waals surface area contributed by atoms with Gasteiger partial charge >= 0.3 is 5.97 Å². The predicted octanol–water partition coefficient (Wildman–Crippen LogP) is 1.72. The number of methoxy groups -OCH3 is 3. The van der Waals surface area contributed by atoms with Crippen molar-refractivity contribution in [1.82, 2.24) is 0 Å². The average Bonchev–Trinajstić information content (AvgIpc) is 2.31. The number of hydrogen-bond acceptors (Lipinski definition) is 4. The van der Waals surface area contributed by atoms with Gasteiger partial charge in [0.1, 0.15) is 6.10 Å². The number of benzene rings is 1. The largest absolute Gasteiger partial charge is 0.370 e. The standard InChI is InChI=1S/C12H16O4/c1-13-11-10(9-7-5-4-6-8-9)16-12(11,14-2)15-3/h4-8,10-11H,1-3H3/t10-,11-/m0/s1. The van der Waals surface area contributed by atoms with E-state index in [0.717, 1.165) is 5.56 Å². The Kier molecular flexibility index (Phi) is 3.25. The van der Waals surface area contributed by atoms with Gasteiger partial charge in [0.05, 0.1) is 0 Å². The first-order valence-electron chi connectivity index (χ1n) is 5.13. The molecule has 1 aliphatic heterocycles. The first kappa shape index (κ1) is 11.5. The van der Waals surface area contributed by atoms with Gasteiger partial charge in [0, 0.05) is 21.3 Å². The third kappa shape index (κ3) is 1.64. The van der Waals surface area contributed by atoms with Crippen molar-refractivity contribution in [2.45, 2.75) is 18.2 Å². The summed E-state index contributed by atoms with van der Waals surface area (Å²) in [6, 6.07) is 9.87. The molecular weight excluding hydrogens is 208 g/mol. The zero-order valence-corrected chi connectivity index (χ0v) is 9.67.